The molecule has 0 saturated carbocycles. The van der Waals surface area contributed by atoms with E-state index in [2.05, 4.69) is 15.3 Å². The molecule has 1 aliphatic heterocycles. The maximum atomic E-state index is 12.1. The van der Waals surface area contributed by atoms with Crippen LogP contribution in [0.15, 0.2) is 29.2 Å². The van der Waals surface area contributed by atoms with Gasteiger partial charge < -0.3 is 10.2 Å². The zero-order valence-electron chi connectivity index (χ0n) is 11.8. The summed E-state index contributed by atoms with van der Waals surface area (Å²) in [6.07, 6.45) is 3.00. The molecule has 0 bridgehead atoms. The Balaban J connectivity index is 1.63. The molecule has 1 fully saturated rings. The Morgan fingerprint density at radius 3 is 3.10 bits per heavy atom. The molecule has 3 heterocycles. The van der Waals surface area contributed by atoms with Crippen molar-refractivity contribution >= 4 is 5.65 Å². The lowest BCUT2D eigenvalue weighted by molar-refractivity contribution is 0.301. The summed E-state index contributed by atoms with van der Waals surface area (Å²) < 4.78 is 3.16. The van der Waals surface area contributed by atoms with Gasteiger partial charge in [-0.05, 0) is 44.6 Å². The molecule has 1 unspecified atom stereocenters. The normalized spacial score (nSPS) is 19.9. The van der Waals surface area contributed by atoms with Crippen molar-refractivity contribution in [3.8, 4) is 0 Å². The molecule has 0 radical (unpaired) electrons. The van der Waals surface area contributed by atoms with Crippen LogP contribution in [0.4, 0.5) is 0 Å². The third kappa shape index (κ3) is 2.62. The highest BCUT2D eigenvalue weighted by atomic mass is 16.2. The molecule has 1 atom stereocenters. The van der Waals surface area contributed by atoms with Crippen molar-refractivity contribution < 1.29 is 0 Å². The minimum Gasteiger partial charge on any atom is -0.319 e. The van der Waals surface area contributed by atoms with E-state index in [1.54, 1.807) is 15.3 Å². The molecule has 0 spiro atoms. The third-order valence-corrected chi connectivity index (χ3v) is 3.98. The van der Waals surface area contributed by atoms with Crippen LogP contribution in [0.25, 0.3) is 5.65 Å². The monoisotopic (exact) mass is 275 g/mol. The second-order valence-electron chi connectivity index (χ2n) is 5.45. The van der Waals surface area contributed by atoms with Crippen molar-refractivity contribution in [3.63, 3.8) is 0 Å². The van der Waals surface area contributed by atoms with Gasteiger partial charge in [0.25, 0.3) is 0 Å². The van der Waals surface area contributed by atoms with E-state index in [-0.39, 0.29) is 5.69 Å². The fourth-order valence-electron chi connectivity index (χ4n) is 2.92. The second kappa shape index (κ2) is 5.76. The van der Waals surface area contributed by atoms with Crippen molar-refractivity contribution in [2.75, 3.05) is 33.2 Å². The van der Waals surface area contributed by atoms with Gasteiger partial charge >= 0.3 is 5.69 Å². The van der Waals surface area contributed by atoms with Crippen LogP contribution in [-0.2, 0) is 6.54 Å². The first-order valence-corrected chi connectivity index (χ1v) is 7.19. The molecule has 108 valence electrons. The number of rotatable bonds is 5. The molecule has 3 rings (SSSR count). The Hall–Kier alpha value is -1.66. The van der Waals surface area contributed by atoms with Gasteiger partial charge in [0.1, 0.15) is 0 Å². The molecule has 1 N–H and O–H groups in total. The van der Waals surface area contributed by atoms with Crippen LogP contribution in [-0.4, -0.2) is 52.3 Å². The number of pyridine rings is 1. The lowest BCUT2D eigenvalue weighted by atomic mass is 10.1. The smallest absolute Gasteiger partial charge is 0.319 e. The summed E-state index contributed by atoms with van der Waals surface area (Å²) in [4.78, 5) is 14.6. The van der Waals surface area contributed by atoms with Gasteiger partial charge in [0.15, 0.2) is 5.65 Å². The van der Waals surface area contributed by atoms with E-state index in [0.29, 0.717) is 12.2 Å². The quantitative estimate of drug-likeness (QED) is 0.837. The Labute approximate surface area is 118 Å². The predicted octanol–water partition coefficient (Wildman–Crippen LogP) is 0.0373. The standard InChI is InChI=1S/C14H21N5O/c1-15-10-12-5-7-17(11-12)8-9-19-14(20)18-6-3-2-4-13(18)16-19/h2-4,6,12,15H,5,7-11H2,1H3. The number of fused-ring (bicyclic) bond motifs is 1. The highest BCUT2D eigenvalue weighted by molar-refractivity contribution is 5.35. The molecule has 6 heteroatoms. The zero-order chi connectivity index (χ0) is 13.9. The summed E-state index contributed by atoms with van der Waals surface area (Å²) in [6, 6.07) is 5.61. The van der Waals surface area contributed by atoms with Crippen molar-refractivity contribution in [1.82, 2.24) is 24.4 Å². The van der Waals surface area contributed by atoms with E-state index < -0.39 is 0 Å². The van der Waals surface area contributed by atoms with Crippen molar-refractivity contribution in [3.05, 3.63) is 34.9 Å². The summed E-state index contributed by atoms with van der Waals surface area (Å²) in [7, 11) is 2.00. The van der Waals surface area contributed by atoms with Gasteiger partial charge in [0.05, 0.1) is 6.54 Å². The average molecular weight is 275 g/mol. The zero-order valence-corrected chi connectivity index (χ0v) is 11.8. The van der Waals surface area contributed by atoms with Gasteiger partial charge in [-0.3, -0.25) is 4.40 Å². The van der Waals surface area contributed by atoms with Crippen LogP contribution < -0.4 is 11.0 Å². The number of hydrogen-bond acceptors (Lipinski definition) is 4. The Morgan fingerprint density at radius 2 is 2.30 bits per heavy atom. The summed E-state index contributed by atoms with van der Waals surface area (Å²) in [5.41, 5.74) is 0.665. The van der Waals surface area contributed by atoms with Crippen LogP contribution in [0, 0.1) is 5.92 Å². The minimum atomic E-state index is -0.0495. The highest BCUT2D eigenvalue weighted by Crippen LogP contribution is 2.14. The van der Waals surface area contributed by atoms with Gasteiger partial charge in [-0.1, -0.05) is 6.07 Å². The van der Waals surface area contributed by atoms with Crippen molar-refractivity contribution in [1.29, 1.82) is 0 Å². The van der Waals surface area contributed by atoms with Gasteiger partial charge in [-0.15, -0.1) is 5.10 Å². The second-order valence-corrected chi connectivity index (χ2v) is 5.45. The first-order chi connectivity index (χ1) is 9.78. The van der Waals surface area contributed by atoms with Crippen LogP contribution in [0.3, 0.4) is 0 Å². The van der Waals surface area contributed by atoms with E-state index in [1.807, 2.05) is 25.2 Å². The molecule has 0 aliphatic carbocycles. The fourth-order valence-corrected chi connectivity index (χ4v) is 2.92. The molecule has 1 saturated heterocycles. The summed E-state index contributed by atoms with van der Waals surface area (Å²) >= 11 is 0. The molecule has 1 aliphatic rings. The number of nitrogens with zero attached hydrogens (tertiary/aromatic N) is 4. The van der Waals surface area contributed by atoms with Gasteiger partial charge in [-0.25, -0.2) is 9.48 Å². The first kappa shape index (κ1) is 13.3. The Bertz CT molecular complexity index is 632. The number of hydrogen-bond donors (Lipinski definition) is 1. The van der Waals surface area contributed by atoms with E-state index in [0.717, 1.165) is 32.1 Å². The van der Waals surface area contributed by atoms with Gasteiger partial charge in [0, 0.05) is 19.3 Å². The summed E-state index contributed by atoms with van der Waals surface area (Å²) in [6.45, 7) is 4.86. The van der Waals surface area contributed by atoms with Crippen LogP contribution in [0.5, 0.6) is 0 Å². The van der Waals surface area contributed by atoms with Crippen LogP contribution in [0.2, 0.25) is 0 Å². The molecule has 2 aromatic rings. The molecule has 20 heavy (non-hydrogen) atoms. The molecule has 0 amide bonds. The predicted molar refractivity (Wildman–Crippen MR) is 77.9 cm³/mol. The fraction of sp³-hybridized carbons (Fsp3) is 0.571. The molecule has 0 aromatic carbocycles. The number of nitrogens with one attached hydrogen (secondary N) is 1. The number of likely N-dealkylation sites (tertiary alicyclic amines) is 1. The SMILES string of the molecule is CNCC1CCN(CCn2nc3ccccn3c2=O)C1. The van der Waals surface area contributed by atoms with E-state index in [4.69, 9.17) is 0 Å². The van der Waals surface area contributed by atoms with E-state index in [1.165, 1.54) is 6.42 Å². The molecule has 2 aromatic heterocycles. The van der Waals surface area contributed by atoms with Crippen LogP contribution in [0.1, 0.15) is 6.42 Å². The number of aromatic nitrogens is 3. The van der Waals surface area contributed by atoms with Gasteiger partial charge in [-0.2, -0.15) is 0 Å². The van der Waals surface area contributed by atoms with Crippen molar-refractivity contribution in [2.45, 2.75) is 13.0 Å². The van der Waals surface area contributed by atoms with E-state index in [9.17, 15) is 4.79 Å². The lowest BCUT2D eigenvalue weighted by Gasteiger charge is -2.15. The molecular formula is C14H21N5O. The maximum Gasteiger partial charge on any atom is 0.350 e. The van der Waals surface area contributed by atoms with Crippen molar-refractivity contribution in [2.24, 2.45) is 5.92 Å². The largest absolute Gasteiger partial charge is 0.350 e. The molecular weight excluding hydrogens is 254 g/mol. The molecule has 6 nitrogen and oxygen atoms in total. The third-order valence-electron chi connectivity index (χ3n) is 3.98. The highest BCUT2D eigenvalue weighted by Gasteiger charge is 2.21. The minimum absolute atomic E-state index is 0.0495. The average Bonchev–Trinajstić information content (AvgIpc) is 3.03. The first-order valence-electron chi connectivity index (χ1n) is 7.19. The lowest BCUT2D eigenvalue weighted by Crippen LogP contribution is -2.31. The topological polar surface area (TPSA) is 54.6 Å². The van der Waals surface area contributed by atoms with Crippen LogP contribution >= 0.6 is 0 Å². The summed E-state index contributed by atoms with van der Waals surface area (Å²) in [5, 5.41) is 7.59. The Kier molecular flexibility index (Phi) is 3.84. The Morgan fingerprint density at radius 1 is 1.40 bits per heavy atom. The maximum absolute atomic E-state index is 12.1. The van der Waals surface area contributed by atoms with Gasteiger partial charge in [0.2, 0.25) is 0 Å². The summed E-state index contributed by atoms with van der Waals surface area (Å²) in [5.74, 6) is 0.734. The van der Waals surface area contributed by atoms with E-state index >= 15 is 0 Å².